The van der Waals surface area contributed by atoms with Crippen molar-refractivity contribution in [3.8, 4) is 5.75 Å². The van der Waals surface area contributed by atoms with Gasteiger partial charge in [-0.1, -0.05) is 35.6 Å². The first-order valence-electron chi connectivity index (χ1n) is 9.41. The predicted octanol–water partition coefficient (Wildman–Crippen LogP) is 2.87. The molecule has 0 bridgehead atoms. The van der Waals surface area contributed by atoms with E-state index in [1.54, 1.807) is 11.5 Å². The number of hydrogen-bond acceptors (Lipinski definition) is 7. The molecule has 3 heterocycles. The lowest BCUT2D eigenvalue weighted by Crippen LogP contribution is -2.39. The van der Waals surface area contributed by atoms with Crippen molar-refractivity contribution < 1.29 is 14.3 Å². The summed E-state index contributed by atoms with van der Waals surface area (Å²) in [7, 11) is 1.34. The SMILES string of the molecule is CCOc1ccccc1/C=c1\sc2n(c1=O)C(c1cccs1)C(C(=O)OC)=C(C)N=2. The third-order valence-corrected chi connectivity index (χ3v) is 6.65. The molecule has 1 aliphatic rings. The van der Waals surface area contributed by atoms with E-state index >= 15 is 0 Å². The van der Waals surface area contributed by atoms with Gasteiger partial charge < -0.3 is 9.47 Å². The number of rotatable bonds is 5. The second-order valence-corrected chi connectivity index (χ2v) is 8.55. The summed E-state index contributed by atoms with van der Waals surface area (Å²) in [5.74, 6) is 0.234. The van der Waals surface area contributed by atoms with Crippen LogP contribution >= 0.6 is 22.7 Å². The Labute approximate surface area is 181 Å². The fourth-order valence-corrected chi connectivity index (χ4v) is 5.30. The number of benzene rings is 1. The number of fused-ring (bicyclic) bond motifs is 1. The van der Waals surface area contributed by atoms with Gasteiger partial charge >= 0.3 is 5.97 Å². The molecule has 0 spiro atoms. The van der Waals surface area contributed by atoms with Gasteiger partial charge in [-0.3, -0.25) is 9.36 Å². The van der Waals surface area contributed by atoms with Gasteiger partial charge in [0.15, 0.2) is 4.80 Å². The number of para-hydroxylation sites is 1. The largest absolute Gasteiger partial charge is 0.493 e. The van der Waals surface area contributed by atoms with Crippen LogP contribution in [0.3, 0.4) is 0 Å². The van der Waals surface area contributed by atoms with E-state index in [1.165, 1.54) is 29.8 Å². The van der Waals surface area contributed by atoms with Crippen LogP contribution in [0.1, 0.15) is 30.3 Å². The topological polar surface area (TPSA) is 69.9 Å². The molecule has 0 radical (unpaired) electrons. The van der Waals surface area contributed by atoms with Crippen molar-refractivity contribution in [2.24, 2.45) is 4.99 Å². The van der Waals surface area contributed by atoms with E-state index in [1.807, 2.05) is 54.8 Å². The number of carbonyl (C=O) groups is 1. The van der Waals surface area contributed by atoms with E-state index < -0.39 is 12.0 Å². The number of hydrogen-bond donors (Lipinski definition) is 0. The molecule has 0 N–H and O–H groups in total. The van der Waals surface area contributed by atoms with Crippen LogP contribution in [0.15, 0.2) is 62.8 Å². The number of nitrogens with zero attached hydrogens (tertiary/aromatic N) is 2. The lowest BCUT2D eigenvalue weighted by molar-refractivity contribution is -0.136. The minimum Gasteiger partial charge on any atom is -0.493 e. The minimum absolute atomic E-state index is 0.197. The molecule has 1 unspecified atom stereocenters. The summed E-state index contributed by atoms with van der Waals surface area (Å²) < 4.78 is 12.8. The summed E-state index contributed by atoms with van der Waals surface area (Å²) in [6.07, 6.45) is 1.82. The molecule has 0 aliphatic carbocycles. The highest BCUT2D eigenvalue weighted by atomic mass is 32.1. The first-order chi connectivity index (χ1) is 14.5. The third-order valence-electron chi connectivity index (χ3n) is 4.75. The third kappa shape index (κ3) is 3.53. The van der Waals surface area contributed by atoms with E-state index in [4.69, 9.17) is 9.47 Å². The number of methoxy groups -OCH3 is 1. The number of esters is 1. The molecule has 1 aliphatic heterocycles. The first kappa shape index (κ1) is 20.3. The molecule has 8 heteroatoms. The zero-order valence-corrected chi connectivity index (χ0v) is 18.4. The summed E-state index contributed by atoms with van der Waals surface area (Å²) in [4.78, 5) is 32.0. The normalized spacial score (nSPS) is 16.2. The standard InChI is InChI=1S/C22H20N2O4S2/c1-4-28-15-9-6-5-8-14(15)12-17-20(25)24-19(16-10-7-11-29-16)18(21(26)27-3)13(2)23-22(24)30-17/h5-12,19H,4H2,1-3H3/b17-12-. The molecular formula is C22H20N2O4S2. The lowest BCUT2D eigenvalue weighted by atomic mass is 10.0. The van der Waals surface area contributed by atoms with Gasteiger partial charge in [0, 0.05) is 10.4 Å². The molecule has 0 fully saturated rings. The summed E-state index contributed by atoms with van der Waals surface area (Å²) in [5, 5.41) is 1.92. The van der Waals surface area contributed by atoms with E-state index in [9.17, 15) is 9.59 Å². The maximum absolute atomic E-state index is 13.4. The van der Waals surface area contributed by atoms with Crippen LogP contribution in [0, 0.1) is 0 Å². The van der Waals surface area contributed by atoms with Crippen molar-refractivity contribution in [2.75, 3.05) is 13.7 Å². The summed E-state index contributed by atoms with van der Waals surface area (Å²) in [6.45, 7) is 4.23. The molecule has 3 aromatic rings. The summed E-state index contributed by atoms with van der Waals surface area (Å²) in [5.41, 5.74) is 1.56. The van der Waals surface area contributed by atoms with E-state index in [-0.39, 0.29) is 5.56 Å². The number of thiazole rings is 1. The average molecular weight is 441 g/mol. The number of aromatic nitrogens is 1. The molecule has 6 nitrogen and oxygen atoms in total. The maximum Gasteiger partial charge on any atom is 0.338 e. The van der Waals surface area contributed by atoms with Crippen molar-refractivity contribution in [3.63, 3.8) is 0 Å². The van der Waals surface area contributed by atoms with Crippen LogP contribution in [0.5, 0.6) is 5.75 Å². The van der Waals surface area contributed by atoms with Crippen molar-refractivity contribution in [1.29, 1.82) is 0 Å². The van der Waals surface area contributed by atoms with Crippen LogP contribution in [0.4, 0.5) is 0 Å². The number of ether oxygens (including phenoxy) is 2. The molecule has 0 amide bonds. The highest BCUT2D eigenvalue weighted by molar-refractivity contribution is 7.10. The monoisotopic (exact) mass is 440 g/mol. The molecule has 30 heavy (non-hydrogen) atoms. The zero-order chi connectivity index (χ0) is 21.3. The number of thiophene rings is 1. The minimum atomic E-state index is -0.557. The van der Waals surface area contributed by atoms with Crippen LogP contribution < -0.4 is 19.6 Å². The van der Waals surface area contributed by atoms with Gasteiger partial charge in [0.25, 0.3) is 5.56 Å². The second kappa shape index (κ2) is 8.41. The quantitative estimate of drug-likeness (QED) is 0.572. The van der Waals surface area contributed by atoms with Gasteiger partial charge in [0.05, 0.1) is 29.5 Å². The van der Waals surface area contributed by atoms with Crippen molar-refractivity contribution in [2.45, 2.75) is 19.9 Å². The smallest absolute Gasteiger partial charge is 0.338 e. The van der Waals surface area contributed by atoms with Gasteiger partial charge in [-0.05, 0) is 37.4 Å². The van der Waals surface area contributed by atoms with Gasteiger partial charge in [-0.2, -0.15) is 0 Å². The molecular weight excluding hydrogens is 420 g/mol. The lowest BCUT2D eigenvalue weighted by Gasteiger charge is -2.22. The highest BCUT2D eigenvalue weighted by Gasteiger charge is 2.33. The van der Waals surface area contributed by atoms with Crippen molar-refractivity contribution in [1.82, 2.24) is 4.57 Å². The Morgan fingerprint density at radius 3 is 2.77 bits per heavy atom. The predicted molar refractivity (Wildman–Crippen MR) is 118 cm³/mol. The Bertz CT molecular complexity index is 1300. The Hall–Kier alpha value is -2.97. The zero-order valence-electron chi connectivity index (χ0n) is 16.7. The van der Waals surface area contributed by atoms with Crippen molar-refractivity contribution >= 4 is 34.7 Å². The molecule has 1 atom stereocenters. The van der Waals surface area contributed by atoms with Crippen LogP contribution in [0.25, 0.3) is 6.08 Å². The van der Waals surface area contributed by atoms with E-state index in [2.05, 4.69) is 4.99 Å². The first-order valence-corrected chi connectivity index (χ1v) is 11.1. The fraction of sp³-hybridized carbons (Fsp3) is 0.227. The highest BCUT2D eigenvalue weighted by Crippen LogP contribution is 2.33. The number of carbonyl (C=O) groups excluding carboxylic acids is 1. The van der Waals surface area contributed by atoms with Crippen LogP contribution in [0.2, 0.25) is 0 Å². The van der Waals surface area contributed by atoms with Gasteiger partial charge in [0.1, 0.15) is 11.8 Å². The Kier molecular flexibility index (Phi) is 5.69. The fourth-order valence-electron chi connectivity index (χ4n) is 3.44. The summed E-state index contributed by atoms with van der Waals surface area (Å²) >= 11 is 2.79. The molecule has 1 aromatic carbocycles. The van der Waals surface area contributed by atoms with Gasteiger partial charge in [0.2, 0.25) is 0 Å². The van der Waals surface area contributed by atoms with E-state index in [0.717, 1.165) is 10.4 Å². The Morgan fingerprint density at radius 2 is 2.07 bits per heavy atom. The molecule has 4 rings (SSSR count). The molecule has 154 valence electrons. The summed E-state index contributed by atoms with van der Waals surface area (Å²) in [6, 6.07) is 10.8. The van der Waals surface area contributed by atoms with Crippen molar-refractivity contribution in [3.05, 3.63) is 83.2 Å². The maximum atomic E-state index is 13.4. The molecule has 2 aromatic heterocycles. The Balaban J connectivity index is 1.95. The molecule has 0 saturated heterocycles. The number of allylic oxidation sites excluding steroid dienone is 1. The van der Waals surface area contributed by atoms with Crippen LogP contribution in [-0.2, 0) is 9.53 Å². The van der Waals surface area contributed by atoms with Gasteiger partial charge in [-0.15, -0.1) is 11.3 Å². The van der Waals surface area contributed by atoms with Crippen LogP contribution in [-0.4, -0.2) is 24.3 Å². The molecule has 0 saturated carbocycles. The second-order valence-electron chi connectivity index (χ2n) is 6.56. The Morgan fingerprint density at radius 1 is 1.27 bits per heavy atom. The van der Waals surface area contributed by atoms with E-state index in [0.29, 0.717) is 33.0 Å². The average Bonchev–Trinajstić information content (AvgIpc) is 3.37. The van der Waals surface area contributed by atoms with Gasteiger partial charge in [-0.25, -0.2) is 9.79 Å².